The molecule has 2 atom stereocenters. The lowest BCUT2D eigenvalue weighted by Gasteiger charge is -2.26. The van der Waals surface area contributed by atoms with Crippen molar-refractivity contribution in [2.24, 2.45) is 0 Å². The van der Waals surface area contributed by atoms with Crippen molar-refractivity contribution < 1.29 is 14.3 Å². The Hall–Kier alpha value is -3.29. The molecule has 0 unspecified atom stereocenters. The van der Waals surface area contributed by atoms with Gasteiger partial charge in [-0.15, -0.1) is 0 Å². The van der Waals surface area contributed by atoms with Crippen molar-refractivity contribution in [3.05, 3.63) is 53.1 Å². The summed E-state index contributed by atoms with van der Waals surface area (Å²) in [5.74, 6) is -0.199. The number of benzene rings is 1. The highest BCUT2D eigenvalue weighted by Crippen LogP contribution is 2.32. The number of nitrogens with zero attached hydrogens (tertiary/aromatic N) is 5. The molecule has 2 aromatic heterocycles. The standard InChI is InChI=1S/C21H23N5O3/c1-12-9-16-7-5-6-8-18(16)25(12)20(28)15(4)29-19(27)10-17-13(2)24-21-22-11-23-26(21)14(17)3/h5-8,11-12,15H,9-10H2,1-4H3/t12-,15-/m1/s1. The Labute approximate surface area is 168 Å². The van der Waals surface area contributed by atoms with Gasteiger partial charge in [0.2, 0.25) is 0 Å². The van der Waals surface area contributed by atoms with Crippen LogP contribution in [0.4, 0.5) is 5.69 Å². The first-order valence-electron chi connectivity index (χ1n) is 9.63. The summed E-state index contributed by atoms with van der Waals surface area (Å²) in [6, 6.07) is 7.86. The van der Waals surface area contributed by atoms with E-state index in [1.54, 1.807) is 16.3 Å². The highest BCUT2D eigenvalue weighted by atomic mass is 16.5. The molecule has 1 aliphatic rings. The first kappa shape index (κ1) is 19.0. The van der Waals surface area contributed by atoms with Crippen LogP contribution in [-0.4, -0.2) is 43.6 Å². The molecule has 8 nitrogen and oxygen atoms in total. The Morgan fingerprint density at radius 2 is 2.03 bits per heavy atom. The average Bonchev–Trinajstić information content (AvgIpc) is 3.27. The third-order valence-corrected chi connectivity index (χ3v) is 5.41. The zero-order chi connectivity index (χ0) is 20.7. The lowest BCUT2D eigenvalue weighted by molar-refractivity contribution is -0.153. The van der Waals surface area contributed by atoms with Crippen molar-refractivity contribution in [3.8, 4) is 0 Å². The van der Waals surface area contributed by atoms with E-state index in [1.807, 2.05) is 45.0 Å². The van der Waals surface area contributed by atoms with Crippen LogP contribution in [0.15, 0.2) is 30.6 Å². The van der Waals surface area contributed by atoms with Crippen molar-refractivity contribution in [2.45, 2.75) is 52.7 Å². The van der Waals surface area contributed by atoms with Gasteiger partial charge in [-0.05, 0) is 45.7 Å². The zero-order valence-corrected chi connectivity index (χ0v) is 16.9. The first-order chi connectivity index (χ1) is 13.9. The molecular weight excluding hydrogens is 370 g/mol. The Bertz CT molecular complexity index is 1110. The van der Waals surface area contributed by atoms with Crippen LogP contribution in [0.1, 0.15) is 36.4 Å². The Balaban J connectivity index is 1.48. The van der Waals surface area contributed by atoms with Crippen LogP contribution in [0.2, 0.25) is 0 Å². The number of hydrogen-bond donors (Lipinski definition) is 0. The van der Waals surface area contributed by atoms with Crippen LogP contribution < -0.4 is 4.90 Å². The van der Waals surface area contributed by atoms with Gasteiger partial charge >= 0.3 is 5.97 Å². The maximum Gasteiger partial charge on any atom is 0.311 e. The van der Waals surface area contributed by atoms with E-state index < -0.39 is 12.1 Å². The quantitative estimate of drug-likeness (QED) is 0.631. The summed E-state index contributed by atoms with van der Waals surface area (Å²) in [5.41, 5.74) is 4.22. The monoisotopic (exact) mass is 393 g/mol. The lowest BCUT2D eigenvalue weighted by atomic mass is 10.1. The lowest BCUT2D eigenvalue weighted by Crippen LogP contribution is -2.43. The number of carbonyl (C=O) groups excluding carboxylic acids is 2. The fourth-order valence-electron chi connectivity index (χ4n) is 3.94. The van der Waals surface area contributed by atoms with Gasteiger partial charge in [0.1, 0.15) is 6.33 Å². The molecule has 3 aromatic rings. The summed E-state index contributed by atoms with van der Waals surface area (Å²) in [6.45, 7) is 7.29. The van der Waals surface area contributed by atoms with E-state index in [2.05, 4.69) is 15.1 Å². The first-order valence-corrected chi connectivity index (χ1v) is 9.63. The number of fused-ring (bicyclic) bond motifs is 2. The maximum absolute atomic E-state index is 13.0. The van der Waals surface area contributed by atoms with Crippen molar-refractivity contribution in [1.82, 2.24) is 19.6 Å². The van der Waals surface area contributed by atoms with E-state index in [0.29, 0.717) is 11.5 Å². The summed E-state index contributed by atoms with van der Waals surface area (Å²) >= 11 is 0. The fraction of sp³-hybridized carbons (Fsp3) is 0.381. The maximum atomic E-state index is 13.0. The van der Waals surface area contributed by atoms with Gasteiger partial charge < -0.3 is 9.64 Å². The molecule has 3 heterocycles. The molecule has 0 aliphatic carbocycles. The van der Waals surface area contributed by atoms with Gasteiger partial charge in [-0.2, -0.15) is 10.1 Å². The van der Waals surface area contributed by atoms with Crippen LogP contribution in [-0.2, 0) is 27.2 Å². The third-order valence-electron chi connectivity index (χ3n) is 5.41. The van der Waals surface area contributed by atoms with Gasteiger partial charge in [0.05, 0.1) is 6.42 Å². The Kier molecular flexibility index (Phi) is 4.77. The number of ether oxygens (including phenoxy) is 1. The van der Waals surface area contributed by atoms with Crippen molar-refractivity contribution >= 4 is 23.3 Å². The number of aryl methyl sites for hydroxylation is 2. The summed E-state index contributed by atoms with van der Waals surface area (Å²) in [7, 11) is 0. The second-order valence-corrected chi connectivity index (χ2v) is 7.43. The van der Waals surface area contributed by atoms with E-state index in [9.17, 15) is 9.59 Å². The number of carbonyl (C=O) groups is 2. The minimum atomic E-state index is -0.875. The average molecular weight is 393 g/mol. The van der Waals surface area contributed by atoms with Gasteiger partial charge in [-0.1, -0.05) is 18.2 Å². The summed E-state index contributed by atoms with van der Waals surface area (Å²) in [6.07, 6.45) is 1.36. The van der Waals surface area contributed by atoms with Gasteiger partial charge in [0.15, 0.2) is 6.10 Å². The van der Waals surface area contributed by atoms with Crippen LogP contribution in [0.3, 0.4) is 0 Å². The largest absolute Gasteiger partial charge is 0.452 e. The molecule has 0 saturated carbocycles. The van der Waals surface area contributed by atoms with E-state index in [4.69, 9.17) is 4.74 Å². The van der Waals surface area contributed by atoms with Crippen LogP contribution in [0, 0.1) is 13.8 Å². The fourth-order valence-corrected chi connectivity index (χ4v) is 3.94. The number of rotatable bonds is 4. The van der Waals surface area contributed by atoms with Crippen LogP contribution in [0.25, 0.3) is 5.78 Å². The number of amides is 1. The van der Waals surface area contributed by atoms with E-state index >= 15 is 0 Å². The molecular formula is C21H23N5O3. The number of para-hydroxylation sites is 1. The van der Waals surface area contributed by atoms with Gasteiger partial charge in [-0.25, -0.2) is 9.50 Å². The predicted octanol–water partition coefficient (Wildman–Crippen LogP) is 2.19. The minimum Gasteiger partial charge on any atom is -0.452 e. The number of esters is 1. The molecule has 1 aliphatic heterocycles. The SMILES string of the molecule is Cc1nc2ncnn2c(C)c1CC(=O)O[C@H](C)C(=O)N1c2ccccc2C[C@H]1C. The molecule has 8 heteroatoms. The molecule has 29 heavy (non-hydrogen) atoms. The number of anilines is 1. The highest BCUT2D eigenvalue weighted by Gasteiger charge is 2.34. The van der Waals surface area contributed by atoms with Crippen molar-refractivity contribution in [2.75, 3.05) is 4.90 Å². The molecule has 0 spiro atoms. The van der Waals surface area contributed by atoms with E-state index in [1.165, 1.54) is 6.33 Å². The highest BCUT2D eigenvalue weighted by molar-refractivity contribution is 5.99. The van der Waals surface area contributed by atoms with E-state index in [-0.39, 0.29) is 18.4 Å². The molecule has 0 bridgehead atoms. The van der Waals surface area contributed by atoms with Gasteiger partial charge in [-0.3, -0.25) is 9.59 Å². The molecule has 0 radical (unpaired) electrons. The second-order valence-electron chi connectivity index (χ2n) is 7.43. The number of hydrogen-bond acceptors (Lipinski definition) is 6. The van der Waals surface area contributed by atoms with Gasteiger partial charge in [0, 0.05) is 28.7 Å². The summed E-state index contributed by atoms with van der Waals surface area (Å²) < 4.78 is 7.08. The molecule has 1 amide bonds. The normalized spacial score (nSPS) is 16.7. The minimum absolute atomic E-state index is 0.0181. The summed E-state index contributed by atoms with van der Waals surface area (Å²) in [5, 5.41) is 4.13. The smallest absolute Gasteiger partial charge is 0.311 e. The molecule has 0 N–H and O–H groups in total. The molecule has 1 aromatic carbocycles. The Morgan fingerprint density at radius 3 is 2.83 bits per heavy atom. The zero-order valence-electron chi connectivity index (χ0n) is 16.9. The number of aromatic nitrogens is 4. The molecule has 4 rings (SSSR count). The van der Waals surface area contributed by atoms with Crippen LogP contribution >= 0.6 is 0 Å². The predicted molar refractivity (Wildman–Crippen MR) is 107 cm³/mol. The van der Waals surface area contributed by atoms with Crippen molar-refractivity contribution in [3.63, 3.8) is 0 Å². The van der Waals surface area contributed by atoms with Crippen molar-refractivity contribution in [1.29, 1.82) is 0 Å². The second kappa shape index (κ2) is 7.27. The Morgan fingerprint density at radius 1 is 1.28 bits per heavy atom. The van der Waals surface area contributed by atoms with Crippen LogP contribution in [0.5, 0.6) is 0 Å². The molecule has 150 valence electrons. The van der Waals surface area contributed by atoms with Gasteiger partial charge in [0.25, 0.3) is 11.7 Å². The topological polar surface area (TPSA) is 89.7 Å². The molecule has 0 saturated heterocycles. The van der Waals surface area contributed by atoms with E-state index in [0.717, 1.165) is 28.9 Å². The molecule has 0 fully saturated rings. The third kappa shape index (κ3) is 3.35. The summed E-state index contributed by atoms with van der Waals surface area (Å²) in [4.78, 5) is 35.7.